The summed E-state index contributed by atoms with van der Waals surface area (Å²) < 4.78 is 11.6. The number of carbonyl (C=O) groups is 3. The maximum absolute atomic E-state index is 14.0. The first-order chi connectivity index (χ1) is 18.2. The average Bonchev–Trinajstić information content (AvgIpc) is 3.59. The summed E-state index contributed by atoms with van der Waals surface area (Å²) in [4.78, 5) is 43.8. The van der Waals surface area contributed by atoms with Crippen LogP contribution in [0.5, 0.6) is 0 Å². The number of hydrogen-bond acceptors (Lipinski definition) is 5. The molecule has 6 rings (SSSR count). The summed E-state index contributed by atoms with van der Waals surface area (Å²) in [6, 6.07) is 15.6. The molecular formula is C31H34N2O5. The SMILES string of the molecule is CC(C)(C)OC(=O)[C@@H]1CC[C@H]2C=C[C@]3(CCCN3C(=O)OCC3c4ccccc4-c4ccccc43)C(=O)N21. The van der Waals surface area contributed by atoms with Crippen LogP contribution >= 0.6 is 0 Å². The van der Waals surface area contributed by atoms with Gasteiger partial charge < -0.3 is 14.4 Å². The third-order valence-corrected chi connectivity index (χ3v) is 8.28. The standard InChI is InChI=1S/C31H34N2O5/c1-30(2,3)38-27(34)26-14-13-20-15-17-31(28(35)33(20)26)16-8-18-32(31)29(36)37-19-25-23-11-6-4-9-21(23)22-10-5-7-12-24(22)25/h4-7,9-12,15,17,20,25-26H,8,13-14,16,18-19H2,1-3H3/t20-,26-,31+/m0/s1. The average molecular weight is 515 g/mol. The lowest BCUT2D eigenvalue weighted by Gasteiger charge is -2.43. The number of nitrogens with zero attached hydrogens (tertiary/aromatic N) is 2. The topological polar surface area (TPSA) is 76.1 Å². The number of esters is 1. The van der Waals surface area contributed by atoms with Crippen molar-refractivity contribution in [2.45, 2.75) is 75.6 Å². The fourth-order valence-corrected chi connectivity index (χ4v) is 6.65. The quantitative estimate of drug-likeness (QED) is 0.424. The molecule has 2 amide bonds. The summed E-state index contributed by atoms with van der Waals surface area (Å²) >= 11 is 0. The highest BCUT2D eigenvalue weighted by molar-refractivity contribution is 5.97. The molecule has 198 valence electrons. The molecule has 3 atom stereocenters. The van der Waals surface area contributed by atoms with Crippen molar-refractivity contribution < 1.29 is 23.9 Å². The molecule has 1 aliphatic carbocycles. The summed E-state index contributed by atoms with van der Waals surface area (Å²) in [6.07, 6.45) is 5.83. The van der Waals surface area contributed by atoms with Gasteiger partial charge in [0.25, 0.3) is 5.91 Å². The number of hydrogen-bond donors (Lipinski definition) is 0. The molecular weight excluding hydrogens is 480 g/mol. The van der Waals surface area contributed by atoms with Gasteiger partial charge >= 0.3 is 12.1 Å². The minimum atomic E-state index is -1.12. The van der Waals surface area contributed by atoms with Crippen LogP contribution in [0.4, 0.5) is 4.79 Å². The summed E-state index contributed by atoms with van der Waals surface area (Å²) in [6.45, 7) is 6.11. The fraction of sp³-hybridized carbons (Fsp3) is 0.452. The lowest BCUT2D eigenvalue weighted by atomic mass is 9.89. The normalized spacial score (nSPS) is 25.9. The second-order valence-electron chi connectivity index (χ2n) is 11.7. The maximum Gasteiger partial charge on any atom is 0.410 e. The van der Waals surface area contributed by atoms with Crippen LogP contribution in [-0.2, 0) is 19.1 Å². The van der Waals surface area contributed by atoms with Crippen molar-refractivity contribution in [2.75, 3.05) is 13.2 Å². The Morgan fingerprint density at radius 2 is 1.66 bits per heavy atom. The van der Waals surface area contributed by atoms with Gasteiger partial charge in [0, 0.05) is 12.5 Å². The van der Waals surface area contributed by atoms with Crippen LogP contribution in [0.25, 0.3) is 11.1 Å². The van der Waals surface area contributed by atoms with Gasteiger partial charge in [-0.05, 0) is 68.7 Å². The van der Waals surface area contributed by atoms with E-state index in [2.05, 4.69) is 24.3 Å². The molecule has 2 aromatic rings. The van der Waals surface area contributed by atoms with E-state index in [0.29, 0.717) is 32.2 Å². The van der Waals surface area contributed by atoms with Crippen LogP contribution < -0.4 is 0 Å². The highest BCUT2D eigenvalue weighted by Crippen LogP contribution is 2.45. The van der Waals surface area contributed by atoms with Gasteiger partial charge in [-0.2, -0.15) is 0 Å². The van der Waals surface area contributed by atoms with Gasteiger partial charge in [-0.25, -0.2) is 9.59 Å². The van der Waals surface area contributed by atoms with Crippen LogP contribution in [0, 0.1) is 0 Å². The Morgan fingerprint density at radius 1 is 1.00 bits per heavy atom. The Hall–Kier alpha value is -3.61. The van der Waals surface area contributed by atoms with Crippen molar-refractivity contribution in [1.82, 2.24) is 9.80 Å². The largest absolute Gasteiger partial charge is 0.458 e. The van der Waals surface area contributed by atoms with Gasteiger partial charge in [0.1, 0.15) is 23.8 Å². The Balaban J connectivity index is 1.22. The van der Waals surface area contributed by atoms with Gasteiger partial charge in [0.05, 0.1) is 6.04 Å². The van der Waals surface area contributed by atoms with Crippen LogP contribution in [0.3, 0.4) is 0 Å². The van der Waals surface area contributed by atoms with E-state index in [-0.39, 0.29) is 30.4 Å². The smallest absolute Gasteiger partial charge is 0.410 e. The second-order valence-corrected chi connectivity index (χ2v) is 11.7. The molecule has 4 aliphatic rings. The van der Waals surface area contributed by atoms with Gasteiger partial charge in [0.2, 0.25) is 0 Å². The van der Waals surface area contributed by atoms with E-state index < -0.39 is 23.3 Å². The van der Waals surface area contributed by atoms with Crippen molar-refractivity contribution in [3.05, 3.63) is 71.8 Å². The minimum absolute atomic E-state index is 0.0537. The maximum atomic E-state index is 14.0. The third-order valence-electron chi connectivity index (χ3n) is 8.28. The Labute approximate surface area is 223 Å². The fourth-order valence-electron chi connectivity index (χ4n) is 6.65. The van der Waals surface area contributed by atoms with Gasteiger partial charge in [-0.3, -0.25) is 9.69 Å². The molecule has 2 aromatic carbocycles. The molecule has 7 nitrogen and oxygen atoms in total. The van der Waals surface area contributed by atoms with Crippen molar-refractivity contribution in [3.8, 4) is 11.1 Å². The monoisotopic (exact) mass is 514 g/mol. The molecule has 7 heteroatoms. The summed E-state index contributed by atoms with van der Waals surface area (Å²) in [5.41, 5.74) is 2.87. The second kappa shape index (κ2) is 9.00. The number of rotatable bonds is 3. The zero-order valence-electron chi connectivity index (χ0n) is 22.2. The lowest BCUT2D eigenvalue weighted by Crippen LogP contribution is -2.62. The molecule has 0 aromatic heterocycles. The van der Waals surface area contributed by atoms with E-state index in [4.69, 9.17) is 9.47 Å². The predicted molar refractivity (Wildman–Crippen MR) is 142 cm³/mol. The molecule has 1 spiro atoms. The first-order valence-corrected chi connectivity index (χ1v) is 13.6. The molecule has 0 bridgehead atoms. The van der Waals surface area contributed by atoms with Crippen molar-refractivity contribution in [3.63, 3.8) is 0 Å². The Kier molecular flexibility index (Phi) is 5.85. The zero-order valence-corrected chi connectivity index (χ0v) is 22.2. The van der Waals surface area contributed by atoms with E-state index in [1.165, 1.54) is 11.1 Å². The molecule has 2 fully saturated rings. The summed E-state index contributed by atoms with van der Waals surface area (Å²) in [7, 11) is 0. The molecule has 0 radical (unpaired) electrons. The highest BCUT2D eigenvalue weighted by Gasteiger charge is 2.57. The molecule has 3 heterocycles. The van der Waals surface area contributed by atoms with E-state index in [1.807, 2.05) is 57.2 Å². The van der Waals surface area contributed by atoms with Gasteiger partial charge in [-0.15, -0.1) is 0 Å². The predicted octanol–water partition coefficient (Wildman–Crippen LogP) is 5.04. The molecule has 0 saturated carbocycles. The molecule has 0 unspecified atom stereocenters. The summed E-state index contributed by atoms with van der Waals surface area (Å²) in [5.74, 6) is -0.643. The zero-order chi connectivity index (χ0) is 26.7. The minimum Gasteiger partial charge on any atom is -0.458 e. The number of benzene rings is 2. The van der Waals surface area contributed by atoms with E-state index >= 15 is 0 Å². The number of amides is 2. The highest BCUT2D eigenvalue weighted by atomic mass is 16.6. The van der Waals surface area contributed by atoms with E-state index in [1.54, 1.807) is 9.80 Å². The first-order valence-electron chi connectivity index (χ1n) is 13.6. The summed E-state index contributed by atoms with van der Waals surface area (Å²) in [5, 5.41) is 0. The molecule has 0 N–H and O–H groups in total. The molecule has 3 aliphatic heterocycles. The number of fused-ring (bicyclic) bond motifs is 4. The van der Waals surface area contributed by atoms with Crippen LogP contribution in [0.1, 0.15) is 63.5 Å². The van der Waals surface area contributed by atoms with Gasteiger partial charge in [-0.1, -0.05) is 60.7 Å². The first kappa shape index (κ1) is 24.7. The molecule has 2 saturated heterocycles. The number of ether oxygens (including phenoxy) is 2. The van der Waals surface area contributed by atoms with Crippen LogP contribution in [0.15, 0.2) is 60.7 Å². The van der Waals surface area contributed by atoms with Crippen molar-refractivity contribution >= 4 is 18.0 Å². The number of carbonyl (C=O) groups excluding carboxylic acids is 3. The van der Waals surface area contributed by atoms with Gasteiger partial charge in [0.15, 0.2) is 0 Å². The Bertz CT molecular complexity index is 1280. The van der Waals surface area contributed by atoms with Crippen LogP contribution in [-0.4, -0.2) is 64.1 Å². The molecule has 38 heavy (non-hydrogen) atoms. The van der Waals surface area contributed by atoms with E-state index in [9.17, 15) is 14.4 Å². The van der Waals surface area contributed by atoms with Crippen LogP contribution in [0.2, 0.25) is 0 Å². The lowest BCUT2D eigenvalue weighted by molar-refractivity contribution is -0.165. The third kappa shape index (κ3) is 3.91. The van der Waals surface area contributed by atoms with E-state index in [0.717, 1.165) is 11.1 Å². The van der Waals surface area contributed by atoms with Crippen molar-refractivity contribution in [2.24, 2.45) is 0 Å². The number of likely N-dealkylation sites (tertiary alicyclic amines) is 1. The Morgan fingerprint density at radius 3 is 2.32 bits per heavy atom. The van der Waals surface area contributed by atoms with Crippen molar-refractivity contribution in [1.29, 1.82) is 0 Å².